The van der Waals surface area contributed by atoms with Gasteiger partial charge in [0.2, 0.25) is 5.91 Å². The first kappa shape index (κ1) is 11.9. The first-order chi connectivity index (χ1) is 9.34. The second kappa shape index (κ2) is 5.22. The number of pyridine rings is 1. The number of nitrogens with zero attached hydrogens (tertiary/aromatic N) is 1. The molecule has 1 aliphatic rings. The highest BCUT2D eigenvalue weighted by atomic mass is 16.2. The number of carbonyl (C=O) groups excluding carboxylic acids is 1. The van der Waals surface area contributed by atoms with Gasteiger partial charge in [-0.15, -0.1) is 0 Å². The van der Waals surface area contributed by atoms with Crippen molar-refractivity contribution < 1.29 is 4.79 Å². The van der Waals surface area contributed by atoms with Gasteiger partial charge in [0.05, 0.1) is 11.7 Å². The van der Waals surface area contributed by atoms with E-state index in [1.54, 1.807) is 6.20 Å². The van der Waals surface area contributed by atoms with E-state index in [1.165, 1.54) is 0 Å². The topological polar surface area (TPSA) is 42.0 Å². The van der Waals surface area contributed by atoms with E-state index in [-0.39, 0.29) is 17.9 Å². The maximum atomic E-state index is 12.0. The predicted octanol–water partition coefficient (Wildman–Crippen LogP) is 2.70. The van der Waals surface area contributed by atoms with E-state index in [9.17, 15) is 4.79 Å². The van der Waals surface area contributed by atoms with Crippen LogP contribution in [0.15, 0.2) is 54.7 Å². The molecule has 19 heavy (non-hydrogen) atoms. The zero-order valence-corrected chi connectivity index (χ0v) is 10.6. The van der Waals surface area contributed by atoms with E-state index in [2.05, 4.69) is 10.3 Å². The lowest BCUT2D eigenvalue weighted by Crippen LogP contribution is -2.30. The van der Waals surface area contributed by atoms with Crippen LogP contribution in [-0.4, -0.2) is 10.9 Å². The molecule has 0 saturated heterocycles. The Bertz CT molecular complexity index is 510. The zero-order valence-electron chi connectivity index (χ0n) is 10.6. The van der Waals surface area contributed by atoms with Crippen molar-refractivity contribution in [2.75, 3.05) is 0 Å². The molecule has 1 N–H and O–H groups in total. The predicted molar refractivity (Wildman–Crippen MR) is 73.4 cm³/mol. The third kappa shape index (κ3) is 2.81. The summed E-state index contributed by atoms with van der Waals surface area (Å²) in [7, 11) is 0. The second-order valence-corrected chi connectivity index (χ2v) is 4.88. The highest BCUT2D eigenvalue weighted by Gasteiger charge is 2.31. The number of nitrogens with one attached hydrogen (secondary N) is 1. The summed E-state index contributed by atoms with van der Waals surface area (Å²) in [6.45, 7) is 0. The molecule has 3 heteroatoms. The van der Waals surface area contributed by atoms with Crippen LogP contribution in [0.25, 0.3) is 0 Å². The van der Waals surface area contributed by atoms with Gasteiger partial charge in [-0.25, -0.2) is 0 Å². The molecule has 0 bridgehead atoms. The Balaban J connectivity index is 1.89. The molecule has 1 aromatic carbocycles. The summed E-state index contributed by atoms with van der Waals surface area (Å²) in [5, 5.41) is 3.11. The van der Waals surface area contributed by atoms with Crippen molar-refractivity contribution in [1.82, 2.24) is 10.3 Å². The third-order valence-electron chi connectivity index (χ3n) is 3.35. The summed E-state index contributed by atoms with van der Waals surface area (Å²) in [6.07, 6.45) is 3.78. The number of amides is 1. The molecule has 1 aliphatic carbocycles. The molecule has 1 amide bonds. The monoisotopic (exact) mass is 252 g/mol. The zero-order chi connectivity index (χ0) is 13.1. The lowest BCUT2D eigenvalue weighted by Gasteiger charge is -2.18. The van der Waals surface area contributed by atoms with Crippen molar-refractivity contribution in [1.29, 1.82) is 0 Å². The summed E-state index contributed by atoms with van der Waals surface area (Å²) in [4.78, 5) is 16.4. The SMILES string of the molecule is O=C(N[C@H](c1ccccc1)c1ccccn1)C1CC1. The number of hydrogen-bond acceptors (Lipinski definition) is 2. The summed E-state index contributed by atoms with van der Waals surface area (Å²) in [5.74, 6) is 0.342. The molecule has 0 aliphatic heterocycles. The Kier molecular flexibility index (Phi) is 3.27. The molecule has 0 radical (unpaired) electrons. The summed E-state index contributed by atoms with van der Waals surface area (Å²) < 4.78 is 0. The Morgan fingerprint density at radius 1 is 1.11 bits per heavy atom. The molecule has 1 atom stereocenters. The standard InChI is InChI=1S/C16H16N2O/c19-16(13-9-10-13)18-15(12-6-2-1-3-7-12)14-8-4-5-11-17-14/h1-8,11,13,15H,9-10H2,(H,18,19)/t15-/m1/s1. The van der Waals surface area contributed by atoms with E-state index >= 15 is 0 Å². The number of carbonyl (C=O) groups is 1. The van der Waals surface area contributed by atoms with Crippen LogP contribution in [-0.2, 0) is 4.79 Å². The van der Waals surface area contributed by atoms with Crippen molar-refractivity contribution in [2.24, 2.45) is 5.92 Å². The van der Waals surface area contributed by atoms with E-state index in [0.29, 0.717) is 0 Å². The van der Waals surface area contributed by atoms with E-state index < -0.39 is 0 Å². The molecule has 96 valence electrons. The summed E-state index contributed by atoms with van der Waals surface area (Å²) in [6, 6.07) is 15.6. The van der Waals surface area contributed by atoms with Gasteiger partial charge >= 0.3 is 0 Å². The number of hydrogen-bond donors (Lipinski definition) is 1. The lowest BCUT2D eigenvalue weighted by atomic mass is 10.0. The Morgan fingerprint density at radius 3 is 2.47 bits per heavy atom. The fourth-order valence-electron chi connectivity index (χ4n) is 2.13. The van der Waals surface area contributed by atoms with Gasteiger partial charge in [0.15, 0.2) is 0 Å². The van der Waals surface area contributed by atoms with Crippen LogP contribution in [0.3, 0.4) is 0 Å². The molecule has 0 spiro atoms. The van der Waals surface area contributed by atoms with Gasteiger partial charge in [-0.05, 0) is 30.5 Å². The largest absolute Gasteiger partial charge is 0.343 e. The van der Waals surface area contributed by atoms with E-state index in [1.807, 2.05) is 48.5 Å². The molecule has 1 aromatic heterocycles. The van der Waals surface area contributed by atoms with Crippen LogP contribution in [0.2, 0.25) is 0 Å². The van der Waals surface area contributed by atoms with E-state index in [4.69, 9.17) is 0 Å². The lowest BCUT2D eigenvalue weighted by molar-refractivity contribution is -0.122. The number of aromatic nitrogens is 1. The molecule has 1 fully saturated rings. The third-order valence-corrected chi connectivity index (χ3v) is 3.35. The minimum absolute atomic E-state index is 0.138. The first-order valence-electron chi connectivity index (χ1n) is 6.61. The first-order valence-corrected chi connectivity index (χ1v) is 6.61. The van der Waals surface area contributed by atoms with Crippen LogP contribution in [0.1, 0.15) is 30.1 Å². The highest BCUT2D eigenvalue weighted by Crippen LogP contribution is 2.30. The molecule has 1 saturated carbocycles. The average Bonchev–Trinajstić information content (AvgIpc) is 3.31. The maximum absolute atomic E-state index is 12.0. The molecule has 3 nitrogen and oxygen atoms in total. The van der Waals surface area contributed by atoms with Crippen molar-refractivity contribution in [3.8, 4) is 0 Å². The van der Waals surface area contributed by atoms with Gasteiger partial charge < -0.3 is 5.32 Å². The molecular formula is C16H16N2O. The summed E-state index contributed by atoms with van der Waals surface area (Å²) in [5.41, 5.74) is 1.94. The fraction of sp³-hybridized carbons (Fsp3) is 0.250. The van der Waals surface area contributed by atoms with Gasteiger partial charge in [0.25, 0.3) is 0 Å². The fourth-order valence-corrected chi connectivity index (χ4v) is 2.13. The van der Waals surface area contributed by atoms with Crippen LogP contribution < -0.4 is 5.32 Å². The van der Waals surface area contributed by atoms with Crippen LogP contribution >= 0.6 is 0 Å². The van der Waals surface area contributed by atoms with Crippen LogP contribution in [0.4, 0.5) is 0 Å². The number of rotatable bonds is 4. The van der Waals surface area contributed by atoms with Gasteiger partial charge in [0, 0.05) is 12.1 Å². The smallest absolute Gasteiger partial charge is 0.223 e. The van der Waals surface area contributed by atoms with Crippen molar-refractivity contribution in [2.45, 2.75) is 18.9 Å². The van der Waals surface area contributed by atoms with E-state index in [0.717, 1.165) is 24.1 Å². The Morgan fingerprint density at radius 2 is 1.84 bits per heavy atom. The van der Waals surface area contributed by atoms with Crippen molar-refractivity contribution in [3.63, 3.8) is 0 Å². The minimum atomic E-state index is -0.157. The molecule has 3 rings (SSSR count). The Labute approximate surface area is 112 Å². The van der Waals surface area contributed by atoms with Gasteiger partial charge in [-0.3, -0.25) is 9.78 Å². The number of benzene rings is 1. The minimum Gasteiger partial charge on any atom is -0.343 e. The van der Waals surface area contributed by atoms with Crippen LogP contribution in [0.5, 0.6) is 0 Å². The van der Waals surface area contributed by atoms with Gasteiger partial charge in [-0.1, -0.05) is 36.4 Å². The van der Waals surface area contributed by atoms with Gasteiger partial charge in [-0.2, -0.15) is 0 Å². The molecule has 2 aromatic rings. The normalized spacial score (nSPS) is 15.8. The quantitative estimate of drug-likeness (QED) is 0.909. The molecule has 1 heterocycles. The van der Waals surface area contributed by atoms with Crippen LogP contribution in [0, 0.1) is 5.92 Å². The highest BCUT2D eigenvalue weighted by molar-refractivity contribution is 5.81. The second-order valence-electron chi connectivity index (χ2n) is 4.88. The molecule has 0 unspecified atom stereocenters. The van der Waals surface area contributed by atoms with Gasteiger partial charge in [0.1, 0.15) is 0 Å². The Hall–Kier alpha value is -2.16. The maximum Gasteiger partial charge on any atom is 0.223 e. The molecular weight excluding hydrogens is 236 g/mol. The average molecular weight is 252 g/mol. The van der Waals surface area contributed by atoms with Crippen molar-refractivity contribution >= 4 is 5.91 Å². The van der Waals surface area contributed by atoms with Crippen molar-refractivity contribution in [3.05, 3.63) is 66.0 Å². The summed E-state index contributed by atoms with van der Waals surface area (Å²) >= 11 is 0.